The number of halogens is 1. The number of carbonyl (C=O) groups is 1. The van der Waals surface area contributed by atoms with E-state index in [0.29, 0.717) is 6.61 Å². The summed E-state index contributed by atoms with van der Waals surface area (Å²) in [6, 6.07) is -0.662. The maximum atomic E-state index is 10.7. The molecular weight excluding hydrogens is 166 g/mol. The minimum Gasteiger partial charge on any atom is -0.465 e. The predicted molar refractivity (Wildman–Crippen MR) is 45.3 cm³/mol. The minimum absolute atomic E-state index is 0. The number of nitrogens with two attached hydrogens (primary N) is 1. The van der Waals surface area contributed by atoms with Crippen molar-refractivity contribution in [2.75, 3.05) is 6.61 Å². The second kappa shape index (κ2) is 7.39. The molecule has 0 aromatic rings. The Balaban J connectivity index is 0. The highest BCUT2D eigenvalue weighted by atomic mass is 35.5. The van der Waals surface area contributed by atoms with Crippen LogP contribution in [0.15, 0.2) is 0 Å². The minimum atomic E-state index is -0.662. The number of ether oxygens (including phenoxy) is 1. The van der Waals surface area contributed by atoms with Gasteiger partial charge in [-0.05, 0) is 6.92 Å². The summed E-state index contributed by atoms with van der Waals surface area (Å²) in [5.41, 5.74) is 5.30. The number of esters is 1. The van der Waals surface area contributed by atoms with Crippen LogP contribution < -0.4 is 5.73 Å². The van der Waals surface area contributed by atoms with E-state index in [4.69, 9.17) is 12.2 Å². The molecule has 0 bridgehead atoms. The second-order valence-electron chi connectivity index (χ2n) is 1.77. The monoisotopic (exact) mass is 177 g/mol. The van der Waals surface area contributed by atoms with Gasteiger partial charge in [0.25, 0.3) is 0 Å². The zero-order chi connectivity index (χ0) is 7.98. The van der Waals surface area contributed by atoms with Crippen LogP contribution in [0.3, 0.4) is 0 Å². The second-order valence-corrected chi connectivity index (χ2v) is 1.77. The molecule has 4 heteroatoms. The fourth-order valence-electron chi connectivity index (χ4n) is 0.460. The summed E-state index contributed by atoms with van der Waals surface area (Å²) in [5, 5.41) is 0. The molecule has 64 valence electrons. The van der Waals surface area contributed by atoms with Gasteiger partial charge in [-0.25, -0.2) is 0 Å². The molecule has 0 aliphatic carbocycles. The normalized spacial score (nSPS) is 10.6. The van der Waals surface area contributed by atoms with Gasteiger partial charge in [0.1, 0.15) is 6.04 Å². The number of terminal acetylenes is 1. The van der Waals surface area contributed by atoms with E-state index in [1.54, 1.807) is 6.92 Å². The van der Waals surface area contributed by atoms with Crippen molar-refractivity contribution in [3.8, 4) is 12.3 Å². The number of carbonyl (C=O) groups excluding carboxylic acids is 1. The van der Waals surface area contributed by atoms with Crippen molar-refractivity contribution in [2.24, 2.45) is 5.73 Å². The van der Waals surface area contributed by atoms with Gasteiger partial charge in [0.15, 0.2) is 0 Å². The summed E-state index contributed by atoms with van der Waals surface area (Å²) >= 11 is 0. The first-order chi connectivity index (χ1) is 4.72. The molecule has 0 rings (SSSR count). The van der Waals surface area contributed by atoms with E-state index in [2.05, 4.69) is 10.7 Å². The van der Waals surface area contributed by atoms with Crippen LogP contribution in [-0.2, 0) is 9.53 Å². The van der Waals surface area contributed by atoms with Crippen LogP contribution in [0.2, 0.25) is 0 Å². The van der Waals surface area contributed by atoms with Crippen molar-refractivity contribution in [1.29, 1.82) is 0 Å². The van der Waals surface area contributed by atoms with Gasteiger partial charge in [-0.2, -0.15) is 0 Å². The van der Waals surface area contributed by atoms with Gasteiger partial charge in [0.2, 0.25) is 0 Å². The van der Waals surface area contributed by atoms with Gasteiger partial charge >= 0.3 is 5.97 Å². The molecule has 0 aromatic carbocycles. The van der Waals surface area contributed by atoms with Crippen molar-refractivity contribution >= 4 is 18.4 Å². The van der Waals surface area contributed by atoms with Crippen molar-refractivity contribution < 1.29 is 9.53 Å². The van der Waals surface area contributed by atoms with E-state index in [0.717, 1.165) is 0 Å². The average molecular weight is 178 g/mol. The molecule has 0 fully saturated rings. The quantitative estimate of drug-likeness (QED) is 0.499. The molecule has 11 heavy (non-hydrogen) atoms. The SMILES string of the molecule is C#CC[C@H](N)C(=O)OCC.Cl. The van der Waals surface area contributed by atoms with Crippen molar-refractivity contribution in [2.45, 2.75) is 19.4 Å². The molecule has 2 N–H and O–H groups in total. The van der Waals surface area contributed by atoms with Gasteiger partial charge < -0.3 is 10.5 Å². The summed E-state index contributed by atoms with van der Waals surface area (Å²) in [4.78, 5) is 10.7. The average Bonchev–Trinajstić information content (AvgIpc) is 1.89. The first-order valence-electron chi connectivity index (χ1n) is 3.08. The highest BCUT2D eigenvalue weighted by molar-refractivity contribution is 5.85. The highest BCUT2D eigenvalue weighted by Crippen LogP contribution is 1.89. The Morgan fingerprint density at radius 1 is 1.82 bits per heavy atom. The Hall–Kier alpha value is -0.720. The molecule has 0 saturated heterocycles. The van der Waals surface area contributed by atoms with Crippen LogP contribution in [0.1, 0.15) is 13.3 Å². The summed E-state index contributed by atoms with van der Waals surface area (Å²) < 4.78 is 4.60. The smallest absolute Gasteiger partial charge is 0.323 e. The third-order valence-electron chi connectivity index (χ3n) is 0.927. The molecule has 0 aliphatic heterocycles. The van der Waals surface area contributed by atoms with Crippen LogP contribution >= 0.6 is 12.4 Å². The Bertz CT molecular complexity index is 153. The fraction of sp³-hybridized carbons (Fsp3) is 0.571. The summed E-state index contributed by atoms with van der Waals surface area (Å²) in [6.07, 6.45) is 5.16. The molecule has 0 radical (unpaired) electrons. The van der Waals surface area contributed by atoms with Crippen LogP contribution in [0.5, 0.6) is 0 Å². The van der Waals surface area contributed by atoms with Crippen LogP contribution in [-0.4, -0.2) is 18.6 Å². The topological polar surface area (TPSA) is 52.3 Å². The molecule has 0 amide bonds. The molecule has 3 nitrogen and oxygen atoms in total. The fourth-order valence-corrected chi connectivity index (χ4v) is 0.460. The zero-order valence-corrected chi connectivity index (χ0v) is 7.19. The Morgan fingerprint density at radius 2 is 2.36 bits per heavy atom. The third kappa shape index (κ3) is 5.71. The van der Waals surface area contributed by atoms with Crippen LogP contribution in [0.25, 0.3) is 0 Å². The molecule has 0 spiro atoms. The molecule has 1 atom stereocenters. The number of rotatable bonds is 3. The standard InChI is InChI=1S/C7H11NO2.ClH/c1-3-5-6(8)7(9)10-4-2;/h1,6H,4-5,8H2,2H3;1H/t6-;/m0./s1. The summed E-state index contributed by atoms with van der Waals surface area (Å²) in [7, 11) is 0. The van der Waals surface area contributed by atoms with E-state index in [1.807, 2.05) is 0 Å². The molecular formula is C7H12ClNO2. The van der Waals surface area contributed by atoms with Gasteiger partial charge in [-0.3, -0.25) is 4.79 Å². The van der Waals surface area contributed by atoms with E-state index < -0.39 is 12.0 Å². The Kier molecular flexibility index (Phi) is 8.67. The molecule has 0 saturated carbocycles. The maximum Gasteiger partial charge on any atom is 0.323 e. The zero-order valence-electron chi connectivity index (χ0n) is 6.37. The molecule has 0 unspecified atom stereocenters. The van der Waals surface area contributed by atoms with Crippen molar-refractivity contribution in [1.82, 2.24) is 0 Å². The lowest BCUT2D eigenvalue weighted by Gasteiger charge is -2.05. The Morgan fingerprint density at radius 3 is 2.73 bits per heavy atom. The van der Waals surface area contributed by atoms with E-state index in [1.165, 1.54) is 0 Å². The van der Waals surface area contributed by atoms with Gasteiger partial charge in [-0.15, -0.1) is 24.8 Å². The first kappa shape index (κ1) is 12.9. The molecule has 0 heterocycles. The lowest BCUT2D eigenvalue weighted by molar-refractivity contribution is -0.144. The van der Waals surface area contributed by atoms with E-state index >= 15 is 0 Å². The van der Waals surface area contributed by atoms with Crippen molar-refractivity contribution in [3.63, 3.8) is 0 Å². The molecule has 0 aliphatic rings. The number of hydrogen-bond acceptors (Lipinski definition) is 3. The largest absolute Gasteiger partial charge is 0.465 e. The van der Waals surface area contributed by atoms with Crippen molar-refractivity contribution in [3.05, 3.63) is 0 Å². The maximum absolute atomic E-state index is 10.7. The van der Waals surface area contributed by atoms with Gasteiger partial charge in [-0.1, -0.05) is 0 Å². The molecule has 0 aromatic heterocycles. The summed E-state index contributed by atoms with van der Waals surface area (Å²) in [6.45, 7) is 2.07. The van der Waals surface area contributed by atoms with E-state index in [-0.39, 0.29) is 18.8 Å². The first-order valence-corrected chi connectivity index (χ1v) is 3.08. The Labute approximate surface area is 72.7 Å². The predicted octanol–water partition coefficient (Wildman–Crippen LogP) is 0.322. The van der Waals surface area contributed by atoms with Crippen LogP contribution in [0, 0.1) is 12.3 Å². The highest BCUT2D eigenvalue weighted by Gasteiger charge is 2.11. The van der Waals surface area contributed by atoms with Gasteiger partial charge in [0.05, 0.1) is 6.61 Å². The number of hydrogen-bond donors (Lipinski definition) is 1. The van der Waals surface area contributed by atoms with Gasteiger partial charge in [0, 0.05) is 6.42 Å². The summed E-state index contributed by atoms with van der Waals surface area (Å²) in [5.74, 6) is 1.85. The van der Waals surface area contributed by atoms with E-state index in [9.17, 15) is 4.79 Å². The lowest BCUT2D eigenvalue weighted by Crippen LogP contribution is -2.31. The third-order valence-corrected chi connectivity index (χ3v) is 0.927. The lowest BCUT2D eigenvalue weighted by atomic mass is 10.2. The van der Waals surface area contributed by atoms with Crippen LogP contribution in [0.4, 0.5) is 0 Å².